The fraction of sp³-hybridized carbons (Fsp3) is 0.300. The van der Waals surface area contributed by atoms with E-state index >= 15 is 0 Å². The summed E-state index contributed by atoms with van der Waals surface area (Å²) in [6.07, 6.45) is -0.230. The topological polar surface area (TPSA) is 222 Å². The summed E-state index contributed by atoms with van der Waals surface area (Å²) in [7, 11) is 0. The lowest BCUT2D eigenvalue weighted by Crippen LogP contribution is -2.70. The predicted molar refractivity (Wildman–Crippen MR) is 129 cm³/mol. The molecule has 2 aliphatic rings. The Labute approximate surface area is 221 Å². The van der Waals surface area contributed by atoms with Crippen LogP contribution in [0.15, 0.2) is 40.7 Å². The molecule has 2 amide bonds. The molecule has 1 saturated heterocycles. The molecule has 1 fully saturated rings. The van der Waals surface area contributed by atoms with E-state index < -0.39 is 35.2 Å². The molecule has 1 aromatic carbocycles. The highest BCUT2D eigenvalue weighted by Gasteiger charge is 2.54. The van der Waals surface area contributed by atoms with Crippen LogP contribution >= 0.6 is 23.5 Å². The van der Waals surface area contributed by atoms with Gasteiger partial charge in [-0.05, 0) is 38.1 Å². The Morgan fingerprint density at radius 3 is 2.71 bits per heavy atom. The van der Waals surface area contributed by atoms with Crippen molar-refractivity contribution in [1.29, 1.82) is 0 Å². The van der Waals surface area contributed by atoms with Crippen molar-refractivity contribution in [2.75, 3.05) is 11.5 Å². The number of nitrogens with zero attached hydrogens (tertiary/aromatic N) is 8. The molecule has 196 valence electrons. The number of aliphatic carboxylic acids is 1. The molecule has 18 heteroatoms. The van der Waals surface area contributed by atoms with Crippen molar-refractivity contribution in [1.82, 2.24) is 51.0 Å². The first-order valence-electron chi connectivity index (χ1n) is 11.0. The molecule has 0 radical (unpaired) electrons. The largest absolute Gasteiger partial charge is 0.478 e. The molecule has 2 aliphatic heterocycles. The van der Waals surface area contributed by atoms with Crippen LogP contribution in [0.1, 0.15) is 21.7 Å². The van der Waals surface area contributed by atoms with Crippen LogP contribution in [0, 0.1) is 0 Å². The van der Waals surface area contributed by atoms with Crippen LogP contribution in [0.4, 0.5) is 0 Å². The Kier molecular flexibility index (Phi) is 7.05. The zero-order chi connectivity index (χ0) is 26.8. The molecule has 0 unspecified atom stereocenters. The van der Waals surface area contributed by atoms with E-state index in [0.717, 1.165) is 0 Å². The van der Waals surface area contributed by atoms with Crippen molar-refractivity contribution >= 4 is 47.3 Å². The van der Waals surface area contributed by atoms with E-state index in [9.17, 15) is 29.4 Å². The third-order valence-electron chi connectivity index (χ3n) is 5.73. The van der Waals surface area contributed by atoms with Gasteiger partial charge in [-0.1, -0.05) is 30.0 Å². The van der Waals surface area contributed by atoms with Crippen LogP contribution in [-0.2, 0) is 27.3 Å². The SMILES string of the molecule is O=C(Cc1ccccc1C(=O)O)N[C@@H]1C(=O)N2C(C(=O)O)=C(CSc3nnnn3Cc3nnn[nH]3)CS[C@H]12. The van der Waals surface area contributed by atoms with Crippen molar-refractivity contribution in [2.24, 2.45) is 0 Å². The van der Waals surface area contributed by atoms with Crippen LogP contribution in [0.3, 0.4) is 0 Å². The van der Waals surface area contributed by atoms with Gasteiger partial charge in [-0.15, -0.1) is 22.0 Å². The number of thioether (sulfide) groups is 2. The molecular formula is C20H18N10O6S2. The minimum Gasteiger partial charge on any atom is -0.478 e. The Morgan fingerprint density at radius 2 is 1.97 bits per heavy atom. The number of carboxylic acids is 2. The number of carbonyl (C=O) groups excluding carboxylic acids is 2. The molecule has 0 saturated carbocycles. The Balaban J connectivity index is 1.25. The number of aromatic amines is 1. The second-order valence-corrected chi connectivity index (χ2v) is 10.2. The van der Waals surface area contributed by atoms with Gasteiger partial charge in [0, 0.05) is 11.5 Å². The van der Waals surface area contributed by atoms with Crippen LogP contribution in [0.2, 0.25) is 0 Å². The summed E-state index contributed by atoms with van der Waals surface area (Å²) in [5.74, 6) is -2.54. The number of H-pyrrole nitrogens is 1. The first-order valence-corrected chi connectivity index (χ1v) is 13.0. The Morgan fingerprint density at radius 1 is 1.16 bits per heavy atom. The number of tetrazole rings is 2. The molecule has 3 aromatic rings. The van der Waals surface area contributed by atoms with Crippen LogP contribution in [0.5, 0.6) is 0 Å². The maximum absolute atomic E-state index is 12.9. The van der Waals surface area contributed by atoms with E-state index in [4.69, 9.17) is 0 Å². The molecule has 16 nitrogen and oxygen atoms in total. The molecule has 2 atom stereocenters. The van der Waals surface area contributed by atoms with Gasteiger partial charge in [-0.3, -0.25) is 14.5 Å². The van der Waals surface area contributed by atoms with Crippen molar-refractivity contribution in [3.63, 3.8) is 0 Å². The number of hydrogen-bond donors (Lipinski definition) is 4. The number of fused-ring (bicyclic) bond motifs is 1. The van der Waals surface area contributed by atoms with Gasteiger partial charge in [0.2, 0.25) is 11.1 Å². The summed E-state index contributed by atoms with van der Waals surface area (Å²) >= 11 is 2.53. The number of aromatic carboxylic acids is 1. The standard InChI is InChI=1S/C20H18N10O6S2/c31-13(5-9-3-1-2-4-11(9)18(33)34)21-14-16(32)30-15(19(35)36)10(7-37-17(14)30)8-38-20-24-27-28-29(20)6-12-22-25-26-23-12/h1-4,14,17H,5-8H2,(H,21,31)(H,33,34)(H,35,36)(H,22,23,25,26)/t14-,17-/m1/s1. The molecule has 4 heterocycles. The number of amides is 2. The third kappa shape index (κ3) is 4.94. The number of rotatable bonds is 10. The molecule has 4 N–H and O–H groups in total. The number of nitrogens with one attached hydrogen (secondary N) is 2. The number of carbonyl (C=O) groups is 4. The van der Waals surface area contributed by atoms with E-state index in [2.05, 4.69) is 41.5 Å². The summed E-state index contributed by atoms with van der Waals surface area (Å²) < 4.78 is 1.45. The van der Waals surface area contributed by atoms with E-state index in [1.165, 1.54) is 45.2 Å². The molecule has 0 bridgehead atoms. The van der Waals surface area contributed by atoms with Gasteiger partial charge in [0.25, 0.3) is 5.91 Å². The molecule has 0 aliphatic carbocycles. The number of benzene rings is 1. The second-order valence-electron chi connectivity index (χ2n) is 8.11. The van der Waals surface area contributed by atoms with E-state index in [1.807, 2.05) is 0 Å². The highest BCUT2D eigenvalue weighted by molar-refractivity contribution is 8.01. The lowest BCUT2D eigenvalue weighted by Gasteiger charge is -2.49. The van der Waals surface area contributed by atoms with Crippen molar-refractivity contribution in [3.05, 3.63) is 52.5 Å². The lowest BCUT2D eigenvalue weighted by atomic mass is 10.0. The molecule has 38 heavy (non-hydrogen) atoms. The highest BCUT2D eigenvalue weighted by atomic mass is 32.2. The average molecular weight is 559 g/mol. The molecule has 5 rings (SSSR count). The molecular weight excluding hydrogens is 540 g/mol. The van der Waals surface area contributed by atoms with Crippen LogP contribution < -0.4 is 5.32 Å². The zero-order valence-corrected chi connectivity index (χ0v) is 20.8. The van der Waals surface area contributed by atoms with E-state index in [-0.39, 0.29) is 30.0 Å². The van der Waals surface area contributed by atoms with Crippen molar-refractivity contribution < 1.29 is 29.4 Å². The lowest BCUT2D eigenvalue weighted by molar-refractivity contribution is -0.150. The van der Waals surface area contributed by atoms with Crippen molar-refractivity contribution in [3.8, 4) is 0 Å². The van der Waals surface area contributed by atoms with Gasteiger partial charge in [-0.25, -0.2) is 19.4 Å². The average Bonchev–Trinajstić information content (AvgIpc) is 3.58. The number of aromatic nitrogens is 8. The van der Waals surface area contributed by atoms with Gasteiger partial charge in [-0.2, -0.15) is 0 Å². The van der Waals surface area contributed by atoms with Crippen molar-refractivity contribution in [2.45, 2.75) is 29.5 Å². The molecule has 2 aromatic heterocycles. The maximum atomic E-state index is 12.9. The minimum absolute atomic E-state index is 0.00183. The van der Waals surface area contributed by atoms with Gasteiger partial charge in [0.05, 0.1) is 12.0 Å². The monoisotopic (exact) mass is 558 g/mol. The summed E-state index contributed by atoms with van der Waals surface area (Å²) in [6, 6.07) is 5.18. The zero-order valence-electron chi connectivity index (χ0n) is 19.2. The summed E-state index contributed by atoms with van der Waals surface area (Å²) in [4.78, 5) is 50.2. The number of β-lactam (4-membered cyclic amide) rings is 1. The van der Waals surface area contributed by atoms with E-state index in [0.29, 0.717) is 27.9 Å². The fourth-order valence-corrected chi connectivity index (χ4v) is 6.37. The second kappa shape index (κ2) is 10.6. The highest BCUT2D eigenvalue weighted by Crippen LogP contribution is 2.41. The summed E-state index contributed by atoms with van der Waals surface area (Å²) in [5, 5.41) is 46.5. The third-order valence-corrected chi connectivity index (χ3v) is 8.11. The minimum atomic E-state index is -1.26. The summed E-state index contributed by atoms with van der Waals surface area (Å²) in [6.45, 7) is 0.187. The van der Waals surface area contributed by atoms with Gasteiger partial charge < -0.3 is 15.5 Å². The summed E-state index contributed by atoms with van der Waals surface area (Å²) in [5.41, 5.74) is 0.683. The number of carboxylic acid groups (broad SMARTS) is 2. The Bertz CT molecular complexity index is 1440. The fourth-order valence-electron chi connectivity index (χ4n) is 4.01. The van der Waals surface area contributed by atoms with Gasteiger partial charge in [0.15, 0.2) is 5.82 Å². The Hall–Kier alpha value is -4.32. The quantitative estimate of drug-likeness (QED) is 0.173. The first kappa shape index (κ1) is 25.3. The maximum Gasteiger partial charge on any atom is 0.352 e. The smallest absolute Gasteiger partial charge is 0.352 e. The van der Waals surface area contributed by atoms with E-state index in [1.54, 1.807) is 12.1 Å². The van der Waals surface area contributed by atoms with Crippen LogP contribution in [0.25, 0.3) is 0 Å². The van der Waals surface area contributed by atoms with Gasteiger partial charge >= 0.3 is 11.9 Å². The normalized spacial score (nSPS) is 18.6. The predicted octanol–water partition coefficient (Wildman–Crippen LogP) is -0.994. The van der Waals surface area contributed by atoms with Crippen LogP contribution in [-0.4, -0.2) is 103 Å². The number of hydrogen-bond acceptors (Lipinski definition) is 12. The first-order chi connectivity index (χ1) is 18.3. The van der Waals surface area contributed by atoms with Gasteiger partial charge in [0.1, 0.15) is 23.7 Å². The molecule has 0 spiro atoms.